The third-order valence-corrected chi connectivity index (χ3v) is 6.84. The first kappa shape index (κ1) is 23.7. The summed E-state index contributed by atoms with van der Waals surface area (Å²) in [6.07, 6.45) is 1.63. The number of imide groups is 1. The summed E-state index contributed by atoms with van der Waals surface area (Å²) in [6.45, 7) is 7.99. The molecule has 0 bridgehead atoms. The van der Waals surface area contributed by atoms with Gasteiger partial charge >= 0.3 is 0 Å². The van der Waals surface area contributed by atoms with Gasteiger partial charge in [-0.25, -0.2) is 0 Å². The molecule has 7 nitrogen and oxygen atoms in total. The van der Waals surface area contributed by atoms with Crippen LogP contribution in [0.25, 0.3) is 0 Å². The van der Waals surface area contributed by atoms with Crippen LogP contribution in [-0.2, 0) is 10.2 Å². The Morgan fingerprint density at radius 3 is 2.12 bits per heavy atom. The molecule has 1 fully saturated rings. The van der Waals surface area contributed by atoms with E-state index in [0.29, 0.717) is 49.4 Å². The van der Waals surface area contributed by atoms with E-state index in [4.69, 9.17) is 0 Å². The molecule has 0 aromatic heterocycles. The van der Waals surface area contributed by atoms with Crippen molar-refractivity contribution in [3.05, 3.63) is 70.8 Å². The van der Waals surface area contributed by atoms with Crippen LogP contribution in [-0.4, -0.2) is 71.1 Å². The summed E-state index contributed by atoms with van der Waals surface area (Å²) in [6, 6.07) is 14.4. The number of rotatable bonds is 6. The Balaban J connectivity index is 1.42. The Kier molecular flexibility index (Phi) is 6.55. The largest absolute Gasteiger partial charge is 0.338 e. The normalized spacial score (nSPS) is 16.1. The van der Waals surface area contributed by atoms with Gasteiger partial charge in [-0.3, -0.25) is 24.1 Å². The van der Waals surface area contributed by atoms with E-state index in [0.717, 1.165) is 18.4 Å². The Morgan fingerprint density at radius 2 is 1.47 bits per heavy atom. The van der Waals surface area contributed by atoms with Crippen LogP contribution < -0.4 is 0 Å². The number of fused-ring (bicyclic) bond motifs is 1. The van der Waals surface area contributed by atoms with Crippen molar-refractivity contribution in [1.82, 2.24) is 14.7 Å². The third kappa shape index (κ3) is 4.22. The van der Waals surface area contributed by atoms with Gasteiger partial charge in [0.2, 0.25) is 5.91 Å². The first-order chi connectivity index (χ1) is 16.3. The molecule has 4 rings (SSSR count). The number of nitrogens with zero attached hydrogens (tertiary/aromatic N) is 3. The maximum absolute atomic E-state index is 13.2. The number of unbranched alkanes of at least 4 members (excludes halogenated alkanes) is 1. The van der Waals surface area contributed by atoms with Crippen LogP contribution >= 0.6 is 0 Å². The third-order valence-electron chi connectivity index (χ3n) is 6.84. The molecule has 7 heteroatoms. The molecule has 4 amide bonds. The SMILES string of the molecule is CCCCN1C(=O)c2ccc(C(=O)N3CCN(C(=O)C(C)(C)c4ccccc4)CC3)cc2C1=O. The van der Waals surface area contributed by atoms with Gasteiger partial charge in [0.25, 0.3) is 17.7 Å². The number of benzene rings is 2. The molecule has 0 atom stereocenters. The van der Waals surface area contributed by atoms with E-state index >= 15 is 0 Å². The summed E-state index contributed by atoms with van der Waals surface area (Å²) in [5.74, 6) is -0.772. The fourth-order valence-electron chi connectivity index (χ4n) is 4.61. The number of piperazine rings is 1. The van der Waals surface area contributed by atoms with Crippen molar-refractivity contribution >= 4 is 23.6 Å². The van der Waals surface area contributed by atoms with Crippen LogP contribution in [0.5, 0.6) is 0 Å². The molecule has 2 aromatic carbocycles. The standard InChI is InChI=1S/C27H31N3O4/c1-4-5-13-30-24(32)21-12-11-19(18-22(21)25(30)33)23(31)28-14-16-29(17-15-28)26(34)27(2,3)20-9-7-6-8-10-20/h6-12,18H,4-5,13-17H2,1-3H3. The minimum Gasteiger partial charge on any atom is -0.338 e. The second-order valence-corrected chi connectivity index (χ2v) is 9.45. The molecule has 0 saturated carbocycles. The maximum Gasteiger partial charge on any atom is 0.261 e. The molecular formula is C27H31N3O4. The Hall–Kier alpha value is -3.48. The molecule has 0 spiro atoms. The van der Waals surface area contributed by atoms with E-state index in [1.54, 1.807) is 23.1 Å². The van der Waals surface area contributed by atoms with Crippen molar-refractivity contribution < 1.29 is 19.2 Å². The maximum atomic E-state index is 13.2. The Morgan fingerprint density at radius 1 is 0.853 bits per heavy atom. The van der Waals surface area contributed by atoms with Crippen molar-refractivity contribution in [3.63, 3.8) is 0 Å². The van der Waals surface area contributed by atoms with Crippen molar-refractivity contribution in [2.45, 2.75) is 39.0 Å². The quantitative estimate of drug-likeness (QED) is 0.618. The molecule has 2 aliphatic rings. The first-order valence-electron chi connectivity index (χ1n) is 11.9. The highest BCUT2D eigenvalue weighted by Gasteiger charge is 2.37. The fraction of sp³-hybridized carbons (Fsp3) is 0.407. The van der Waals surface area contributed by atoms with Gasteiger partial charge in [0.15, 0.2) is 0 Å². The minimum atomic E-state index is -0.649. The van der Waals surface area contributed by atoms with Crippen LogP contribution in [0.2, 0.25) is 0 Å². The minimum absolute atomic E-state index is 0.0413. The van der Waals surface area contributed by atoms with E-state index in [1.165, 1.54) is 4.90 Å². The molecular weight excluding hydrogens is 430 g/mol. The van der Waals surface area contributed by atoms with Crippen molar-refractivity contribution in [2.75, 3.05) is 32.7 Å². The lowest BCUT2D eigenvalue weighted by Crippen LogP contribution is -2.54. The average molecular weight is 462 g/mol. The lowest BCUT2D eigenvalue weighted by atomic mass is 9.83. The highest BCUT2D eigenvalue weighted by molar-refractivity contribution is 6.22. The zero-order chi connectivity index (χ0) is 24.5. The van der Waals surface area contributed by atoms with E-state index in [1.807, 2.05) is 56.0 Å². The van der Waals surface area contributed by atoms with Gasteiger partial charge in [-0.15, -0.1) is 0 Å². The lowest BCUT2D eigenvalue weighted by Gasteiger charge is -2.38. The fourth-order valence-corrected chi connectivity index (χ4v) is 4.61. The van der Waals surface area contributed by atoms with Gasteiger partial charge in [-0.1, -0.05) is 43.7 Å². The number of carbonyl (C=O) groups is 4. The van der Waals surface area contributed by atoms with Gasteiger partial charge in [0, 0.05) is 38.3 Å². The Bertz CT molecular complexity index is 1120. The number of amides is 4. The van der Waals surface area contributed by atoms with Gasteiger partial charge in [0.05, 0.1) is 16.5 Å². The van der Waals surface area contributed by atoms with Crippen LogP contribution in [0.4, 0.5) is 0 Å². The van der Waals surface area contributed by atoms with Gasteiger partial charge in [-0.05, 0) is 44.0 Å². The van der Waals surface area contributed by atoms with Gasteiger partial charge in [-0.2, -0.15) is 0 Å². The van der Waals surface area contributed by atoms with Crippen molar-refractivity contribution in [3.8, 4) is 0 Å². The summed E-state index contributed by atoms with van der Waals surface area (Å²) in [5, 5.41) is 0. The molecule has 34 heavy (non-hydrogen) atoms. The molecule has 178 valence electrons. The predicted molar refractivity (Wildman–Crippen MR) is 129 cm³/mol. The summed E-state index contributed by atoms with van der Waals surface area (Å²) in [7, 11) is 0. The topological polar surface area (TPSA) is 78.0 Å². The van der Waals surface area contributed by atoms with E-state index in [-0.39, 0.29) is 23.6 Å². The van der Waals surface area contributed by atoms with Crippen molar-refractivity contribution in [2.24, 2.45) is 0 Å². The second kappa shape index (κ2) is 9.41. The summed E-state index contributed by atoms with van der Waals surface area (Å²) in [5.41, 5.74) is 1.36. The highest BCUT2D eigenvalue weighted by Crippen LogP contribution is 2.27. The molecule has 0 N–H and O–H groups in total. The van der Waals surface area contributed by atoms with E-state index < -0.39 is 5.41 Å². The molecule has 2 aromatic rings. The molecule has 0 unspecified atom stereocenters. The van der Waals surface area contributed by atoms with Gasteiger partial charge in [0.1, 0.15) is 0 Å². The molecule has 0 radical (unpaired) electrons. The Labute approximate surface area is 200 Å². The number of hydrogen-bond acceptors (Lipinski definition) is 4. The lowest BCUT2D eigenvalue weighted by molar-refractivity contribution is -0.137. The summed E-state index contributed by atoms with van der Waals surface area (Å²) < 4.78 is 0. The summed E-state index contributed by atoms with van der Waals surface area (Å²) >= 11 is 0. The smallest absolute Gasteiger partial charge is 0.261 e. The van der Waals surface area contributed by atoms with Crippen LogP contribution in [0, 0.1) is 0 Å². The highest BCUT2D eigenvalue weighted by atomic mass is 16.2. The number of hydrogen-bond donors (Lipinski definition) is 0. The zero-order valence-electron chi connectivity index (χ0n) is 20.0. The predicted octanol–water partition coefficient (Wildman–Crippen LogP) is 3.34. The zero-order valence-corrected chi connectivity index (χ0v) is 20.0. The number of carbonyl (C=O) groups excluding carboxylic acids is 4. The molecule has 2 heterocycles. The van der Waals surface area contributed by atoms with Crippen LogP contribution in [0.1, 0.15) is 70.3 Å². The first-order valence-corrected chi connectivity index (χ1v) is 11.9. The van der Waals surface area contributed by atoms with Crippen LogP contribution in [0.15, 0.2) is 48.5 Å². The molecule has 2 aliphatic heterocycles. The second-order valence-electron chi connectivity index (χ2n) is 9.45. The van der Waals surface area contributed by atoms with Crippen molar-refractivity contribution in [1.29, 1.82) is 0 Å². The monoisotopic (exact) mass is 461 g/mol. The van der Waals surface area contributed by atoms with Gasteiger partial charge < -0.3 is 9.80 Å². The summed E-state index contributed by atoms with van der Waals surface area (Å²) in [4.78, 5) is 56.4. The van der Waals surface area contributed by atoms with Crippen LogP contribution in [0.3, 0.4) is 0 Å². The van der Waals surface area contributed by atoms with E-state index in [9.17, 15) is 19.2 Å². The molecule has 1 saturated heterocycles. The average Bonchev–Trinajstić information content (AvgIpc) is 3.11. The van der Waals surface area contributed by atoms with E-state index in [2.05, 4.69) is 0 Å². The molecule has 0 aliphatic carbocycles.